The third-order valence-electron chi connectivity index (χ3n) is 5.33. The van der Waals surface area contributed by atoms with Crippen LogP contribution < -0.4 is 15.4 Å². The lowest BCUT2D eigenvalue weighted by atomic mass is 9.99. The highest BCUT2D eigenvalue weighted by Crippen LogP contribution is 2.31. The van der Waals surface area contributed by atoms with Gasteiger partial charge in [-0.2, -0.15) is 0 Å². The summed E-state index contributed by atoms with van der Waals surface area (Å²) in [4.78, 5) is 41.6. The van der Waals surface area contributed by atoms with Crippen molar-refractivity contribution in [1.29, 1.82) is 0 Å². The number of hydrogen-bond donors (Lipinski definition) is 2. The fourth-order valence-corrected chi connectivity index (χ4v) is 3.99. The van der Waals surface area contributed by atoms with Crippen LogP contribution in [-0.2, 0) is 16.1 Å². The van der Waals surface area contributed by atoms with E-state index < -0.39 is 24.0 Å². The van der Waals surface area contributed by atoms with E-state index in [1.807, 2.05) is 30.3 Å². The summed E-state index contributed by atoms with van der Waals surface area (Å²) in [6.07, 6.45) is 1.58. The van der Waals surface area contributed by atoms with Crippen LogP contribution in [0.5, 0.6) is 5.75 Å². The zero-order chi connectivity index (χ0) is 22.1. The fraction of sp³-hybridized carbons (Fsp3) is 0.227. The largest absolute Gasteiger partial charge is 0.495 e. The standard InChI is InChI=1S/C22H21ClN4O4/c1-26-12-15(20(28)24-16-10-14(23)8-9-17(16)31-2)18-19(26)21(29)27(22(30)25-18)11-13-6-4-3-5-7-13/h3-10,12,18-19H,11H2,1-2H3,(H,24,28)(H,25,30). The molecule has 2 aliphatic rings. The second-order valence-electron chi connectivity index (χ2n) is 7.33. The van der Waals surface area contributed by atoms with Crippen LogP contribution in [0.4, 0.5) is 10.5 Å². The van der Waals surface area contributed by atoms with Crippen molar-refractivity contribution in [3.8, 4) is 5.75 Å². The number of ether oxygens (including phenoxy) is 1. The van der Waals surface area contributed by atoms with E-state index >= 15 is 0 Å². The molecule has 0 aromatic heterocycles. The Morgan fingerprint density at radius 2 is 1.94 bits per heavy atom. The second kappa shape index (κ2) is 8.31. The van der Waals surface area contributed by atoms with E-state index in [-0.39, 0.29) is 18.0 Å². The molecule has 1 fully saturated rings. The highest BCUT2D eigenvalue weighted by Gasteiger charge is 2.49. The molecule has 160 valence electrons. The minimum atomic E-state index is -0.762. The normalized spacial score (nSPS) is 20.2. The average molecular weight is 441 g/mol. The van der Waals surface area contributed by atoms with Gasteiger partial charge in [0.2, 0.25) is 0 Å². The van der Waals surface area contributed by atoms with Gasteiger partial charge in [-0.15, -0.1) is 0 Å². The molecular weight excluding hydrogens is 420 g/mol. The molecule has 0 aliphatic carbocycles. The van der Waals surface area contributed by atoms with Gasteiger partial charge in [-0.25, -0.2) is 4.79 Å². The lowest BCUT2D eigenvalue weighted by Gasteiger charge is -2.37. The molecule has 2 N–H and O–H groups in total. The Balaban J connectivity index is 1.54. The summed E-state index contributed by atoms with van der Waals surface area (Å²) in [6, 6.07) is 12.1. The van der Waals surface area contributed by atoms with Crippen molar-refractivity contribution in [2.75, 3.05) is 19.5 Å². The number of halogens is 1. The third-order valence-corrected chi connectivity index (χ3v) is 5.57. The Morgan fingerprint density at radius 1 is 1.19 bits per heavy atom. The van der Waals surface area contributed by atoms with Crippen molar-refractivity contribution < 1.29 is 19.1 Å². The van der Waals surface area contributed by atoms with Crippen molar-refractivity contribution >= 4 is 35.1 Å². The van der Waals surface area contributed by atoms with Crippen LogP contribution in [0, 0.1) is 0 Å². The predicted molar refractivity (Wildman–Crippen MR) is 116 cm³/mol. The molecule has 2 aromatic carbocycles. The molecule has 1 saturated heterocycles. The number of imide groups is 1. The van der Waals surface area contributed by atoms with Gasteiger partial charge >= 0.3 is 6.03 Å². The van der Waals surface area contributed by atoms with Gasteiger partial charge < -0.3 is 20.3 Å². The molecule has 9 heteroatoms. The Hall–Kier alpha value is -3.52. The zero-order valence-electron chi connectivity index (χ0n) is 17.0. The van der Waals surface area contributed by atoms with Gasteiger partial charge in [0.05, 0.1) is 31.0 Å². The van der Waals surface area contributed by atoms with Gasteiger partial charge in [0, 0.05) is 18.3 Å². The number of carbonyl (C=O) groups is 3. The molecule has 0 bridgehead atoms. The smallest absolute Gasteiger partial charge is 0.325 e. The summed E-state index contributed by atoms with van der Waals surface area (Å²) in [5.41, 5.74) is 1.51. The number of benzene rings is 2. The van der Waals surface area contributed by atoms with E-state index in [9.17, 15) is 14.4 Å². The number of amides is 4. The minimum Gasteiger partial charge on any atom is -0.495 e. The molecule has 2 unspecified atom stereocenters. The highest BCUT2D eigenvalue weighted by molar-refractivity contribution is 6.31. The van der Waals surface area contributed by atoms with E-state index in [0.29, 0.717) is 16.5 Å². The van der Waals surface area contributed by atoms with Gasteiger partial charge in [-0.3, -0.25) is 14.5 Å². The minimum absolute atomic E-state index is 0.157. The zero-order valence-corrected chi connectivity index (χ0v) is 17.7. The maximum Gasteiger partial charge on any atom is 0.325 e. The van der Waals surface area contributed by atoms with E-state index in [2.05, 4.69) is 10.6 Å². The number of rotatable bonds is 5. The summed E-state index contributed by atoms with van der Waals surface area (Å²) in [6.45, 7) is 0.157. The van der Waals surface area contributed by atoms with Gasteiger partial charge in [-0.1, -0.05) is 41.9 Å². The summed E-state index contributed by atoms with van der Waals surface area (Å²) in [5.74, 6) is -0.372. The molecule has 31 heavy (non-hydrogen) atoms. The summed E-state index contributed by atoms with van der Waals surface area (Å²) in [5, 5.41) is 6.00. The number of nitrogens with one attached hydrogen (secondary N) is 2. The first kappa shape index (κ1) is 20.7. The first-order valence-electron chi connectivity index (χ1n) is 9.63. The first-order chi connectivity index (χ1) is 14.9. The average Bonchev–Trinajstić information content (AvgIpc) is 3.08. The van der Waals surface area contributed by atoms with Crippen LogP contribution in [0.25, 0.3) is 0 Å². The Morgan fingerprint density at radius 3 is 2.65 bits per heavy atom. The van der Waals surface area contributed by atoms with Gasteiger partial charge in [0.25, 0.3) is 11.8 Å². The quantitative estimate of drug-likeness (QED) is 0.745. The summed E-state index contributed by atoms with van der Waals surface area (Å²) < 4.78 is 5.26. The number of fused-ring (bicyclic) bond motifs is 1. The molecule has 2 aliphatic heterocycles. The number of hydrogen-bond acceptors (Lipinski definition) is 5. The fourth-order valence-electron chi connectivity index (χ4n) is 3.82. The predicted octanol–water partition coefficient (Wildman–Crippen LogP) is 2.61. The van der Waals surface area contributed by atoms with Crippen molar-refractivity contribution in [2.24, 2.45) is 0 Å². The second-order valence-corrected chi connectivity index (χ2v) is 7.77. The molecular formula is C22H21ClN4O4. The van der Waals surface area contributed by atoms with Crippen molar-refractivity contribution in [3.63, 3.8) is 0 Å². The number of anilines is 1. The Kier molecular flexibility index (Phi) is 5.56. The molecule has 0 radical (unpaired) electrons. The molecule has 4 amide bonds. The molecule has 4 rings (SSSR count). The van der Waals surface area contributed by atoms with Gasteiger partial charge in [0.1, 0.15) is 11.8 Å². The molecule has 2 atom stereocenters. The first-order valence-corrected chi connectivity index (χ1v) is 10.0. The van der Waals surface area contributed by atoms with Crippen molar-refractivity contribution in [3.05, 3.63) is 70.9 Å². The van der Waals surface area contributed by atoms with Crippen molar-refractivity contribution in [1.82, 2.24) is 15.1 Å². The number of likely N-dealkylation sites (N-methyl/N-ethyl adjacent to an activating group) is 1. The van der Waals surface area contributed by atoms with Crippen LogP contribution in [0.2, 0.25) is 5.02 Å². The Labute approximate surface area is 184 Å². The van der Waals surface area contributed by atoms with Crippen LogP contribution >= 0.6 is 11.6 Å². The maximum absolute atomic E-state index is 13.1. The lowest BCUT2D eigenvalue weighted by molar-refractivity contribution is -0.134. The van der Waals surface area contributed by atoms with E-state index in [1.165, 1.54) is 12.0 Å². The van der Waals surface area contributed by atoms with E-state index in [1.54, 1.807) is 36.3 Å². The summed E-state index contributed by atoms with van der Waals surface area (Å²) >= 11 is 6.03. The number of nitrogens with zero attached hydrogens (tertiary/aromatic N) is 2. The number of carbonyl (C=O) groups excluding carboxylic acids is 3. The molecule has 2 aromatic rings. The van der Waals surface area contributed by atoms with Crippen LogP contribution in [0.3, 0.4) is 0 Å². The molecule has 0 saturated carbocycles. The molecule has 0 spiro atoms. The van der Waals surface area contributed by atoms with Crippen LogP contribution in [-0.4, -0.2) is 53.9 Å². The molecule has 2 heterocycles. The Bertz CT molecular complexity index is 1070. The topological polar surface area (TPSA) is 91.0 Å². The maximum atomic E-state index is 13.1. The van der Waals surface area contributed by atoms with E-state index in [0.717, 1.165) is 5.56 Å². The van der Waals surface area contributed by atoms with Gasteiger partial charge in [0.15, 0.2) is 0 Å². The molecule has 8 nitrogen and oxygen atoms in total. The highest BCUT2D eigenvalue weighted by atomic mass is 35.5. The van der Waals surface area contributed by atoms with Crippen LogP contribution in [0.1, 0.15) is 5.56 Å². The van der Waals surface area contributed by atoms with E-state index in [4.69, 9.17) is 16.3 Å². The number of urea groups is 1. The lowest BCUT2D eigenvalue weighted by Crippen LogP contribution is -2.64. The van der Waals surface area contributed by atoms with Crippen molar-refractivity contribution in [2.45, 2.75) is 18.6 Å². The summed E-state index contributed by atoms with van der Waals surface area (Å²) in [7, 11) is 3.19. The third kappa shape index (κ3) is 3.94. The van der Waals surface area contributed by atoms with Gasteiger partial charge in [-0.05, 0) is 23.8 Å². The SMILES string of the molecule is COc1ccc(Cl)cc1NC(=O)C1=CN(C)C2C(=O)N(Cc3ccccc3)C(=O)NC12. The number of methoxy groups -OCH3 is 1. The monoisotopic (exact) mass is 440 g/mol. The van der Waals surface area contributed by atoms with Crippen LogP contribution in [0.15, 0.2) is 60.3 Å².